The van der Waals surface area contributed by atoms with Crippen molar-refractivity contribution in [2.45, 2.75) is 26.8 Å². The number of aliphatic carboxylic acids is 1. The maximum absolute atomic E-state index is 12.3. The molecule has 19 heavy (non-hydrogen) atoms. The van der Waals surface area contributed by atoms with Crippen molar-refractivity contribution in [2.24, 2.45) is 17.6 Å². The van der Waals surface area contributed by atoms with Crippen LogP contribution in [0.4, 0.5) is 0 Å². The van der Waals surface area contributed by atoms with Gasteiger partial charge in [-0.15, -0.1) is 0 Å². The molecule has 1 fully saturated rings. The van der Waals surface area contributed by atoms with Crippen molar-refractivity contribution in [1.29, 1.82) is 0 Å². The van der Waals surface area contributed by atoms with Gasteiger partial charge in [-0.2, -0.15) is 0 Å². The van der Waals surface area contributed by atoms with E-state index in [9.17, 15) is 9.59 Å². The minimum atomic E-state index is -0.818. The van der Waals surface area contributed by atoms with Crippen molar-refractivity contribution in [3.05, 3.63) is 0 Å². The number of carbonyl (C=O) groups is 2. The molecule has 1 aliphatic rings. The largest absolute Gasteiger partial charge is 0.480 e. The van der Waals surface area contributed by atoms with Crippen molar-refractivity contribution in [1.82, 2.24) is 9.80 Å². The van der Waals surface area contributed by atoms with E-state index in [4.69, 9.17) is 10.8 Å². The van der Waals surface area contributed by atoms with Gasteiger partial charge in [0, 0.05) is 32.7 Å². The topological polar surface area (TPSA) is 86.9 Å². The number of carbonyl (C=O) groups excluding carboxylic acids is 1. The number of nitrogens with zero attached hydrogens (tertiary/aromatic N) is 2. The zero-order chi connectivity index (χ0) is 14.6. The lowest BCUT2D eigenvalue weighted by atomic mass is 9.94. The monoisotopic (exact) mass is 271 g/mol. The zero-order valence-corrected chi connectivity index (χ0v) is 12.0. The van der Waals surface area contributed by atoms with E-state index in [1.807, 2.05) is 23.6 Å². The molecule has 0 spiro atoms. The van der Waals surface area contributed by atoms with Crippen LogP contribution in [0.3, 0.4) is 0 Å². The second kappa shape index (κ2) is 6.86. The lowest BCUT2D eigenvalue weighted by Gasteiger charge is -2.38. The summed E-state index contributed by atoms with van der Waals surface area (Å²) in [4.78, 5) is 26.9. The predicted molar refractivity (Wildman–Crippen MR) is 72.6 cm³/mol. The summed E-state index contributed by atoms with van der Waals surface area (Å²) in [6.07, 6.45) is 0. The Balaban J connectivity index is 2.54. The normalized spacial score (nSPS) is 20.4. The van der Waals surface area contributed by atoms with Crippen LogP contribution in [-0.2, 0) is 9.59 Å². The van der Waals surface area contributed by atoms with Crippen LogP contribution in [0.15, 0.2) is 0 Å². The molecule has 2 atom stereocenters. The fraction of sp³-hybridized carbons (Fsp3) is 0.846. The van der Waals surface area contributed by atoms with Gasteiger partial charge in [0.2, 0.25) is 5.91 Å². The summed E-state index contributed by atoms with van der Waals surface area (Å²) in [7, 11) is 0. The van der Waals surface area contributed by atoms with Crippen LogP contribution in [-0.4, -0.2) is 65.5 Å². The van der Waals surface area contributed by atoms with Crippen LogP contribution in [0.2, 0.25) is 0 Å². The second-order valence-corrected chi connectivity index (χ2v) is 5.46. The summed E-state index contributed by atoms with van der Waals surface area (Å²) in [5, 5.41) is 8.97. The first kappa shape index (κ1) is 15.9. The minimum Gasteiger partial charge on any atom is -0.480 e. The summed E-state index contributed by atoms with van der Waals surface area (Å²) in [6, 6.07) is -0.493. The number of amides is 1. The Morgan fingerprint density at radius 2 is 1.68 bits per heavy atom. The predicted octanol–water partition coefficient (Wildman–Crippen LogP) is -0.165. The Labute approximate surface area is 114 Å². The molecule has 6 heteroatoms. The van der Waals surface area contributed by atoms with Gasteiger partial charge in [-0.05, 0) is 12.8 Å². The van der Waals surface area contributed by atoms with Gasteiger partial charge in [0.1, 0.15) is 6.04 Å². The molecule has 1 heterocycles. The Kier molecular flexibility index (Phi) is 5.75. The zero-order valence-electron chi connectivity index (χ0n) is 12.0. The summed E-state index contributed by atoms with van der Waals surface area (Å²) in [6.45, 7) is 8.41. The van der Waals surface area contributed by atoms with Crippen molar-refractivity contribution >= 4 is 11.9 Å². The first-order chi connectivity index (χ1) is 8.88. The summed E-state index contributed by atoms with van der Waals surface area (Å²) >= 11 is 0. The van der Waals surface area contributed by atoms with E-state index in [0.717, 1.165) is 0 Å². The molecule has 0 aromatic rings. The van der Waals surface area contributed by atoms with E-state index in [2.05, 4.69) is 0 Å². The molecule has 0 bridgehead atoms. The molecule has 2 unspecified atom stereocenters. The quantitative estimate of drug-likeness (QED) is 0.725. The molecular weight excluding hydrogens is 246 g/mol. The molecule has 1 rings (SSSR count). The molecule has 0 aromatic carbocycles. The van der Waals surface area contributed by atoms with E-state index in [1.165, 1.54) is 0 Å². The fourth-order valence-corrected chi connectivity index (χ4v) is 2.38. The smallest absolute Gasteiger partial charge is 0.320 e. The number of carboxylic acid groups (broad SMARTS) is 1. The van der Waals surface area contributed by atoms with Crippen molar-refractivity contribution in [2.75, 3.05) is 32.7 Å². The van der Waals surface area contributed by atoms with Gasteiger partial charge in [-0.3, -0.25) is 14.5 Å². The third kappa shape index (κ3) is 3.91. The van der Waals surface area contributed by atoms with Crippen LogP contribution >= 0.6 is 0 Å². The van der Waals surface area contributed by atoms with Crippen molar-refractivity contribution < 1.29 is 14.7 Å². The van der Waals surface area contributed by atoms with Crippen LogP contribution in [0.5, 0.6) is 0 Å². The minimum absolute atomic E-state index is 0.0973. The molecule has 0 saturated carbocycles. The molecule has 0 radical (unpaired) electrons. The number of hydrogen-bond acceptors (Lipinski definition) is 4. The standard InChI is InChI=1S/C13H25N3O3/c1-9(2)11(8-14)12(17)16-6-4-15(5-7-16)10(3)13(18)19/h9-11H,4-8,14H2,1-3H3,(H,18,19). The van der Waals surface area contributed by atoms with Crippen LogP contribution in [0, 0.1) is 11.8 Å². The molecule has 110 valence electrons. The van der Waals surface area contributed by atoms with Gasteiger partial charge < -0.3 is 15.7 Å². The van der Waals surface area contributed by atoms with Gasteiger partial charge in [-0.1, -0.05) is 13.8 Å². The fourth-order valence-electron chi connectivity index (χ4n) is 2.38. The average molecular weight is 271 g/mol. The molecule has 1 amide bonds. The molecule has 0 aromatic heterocycles. The molecule has 6 nitrogen and oxygen atoms in total. The van der Waals surface area contributed by atoms with Crippen LogP contribution < -0.4 is 5.73 Å². The number of rotatable bonds is 5. The van der Waals surface area contributed by atoms with Gasteiger partial charge in [0.15, 0.2) is 0 Å². The van der Waals surface area contributed by atoms with Gasteiger partial charge >= 0.3 is 5.97 Å². The number of carboxylic acids is 1. The van der Waals surface area contributed by atoms with Crippen molar-refractivity contribution in [3.8, 4) is 0 Å². The Hall–Kier alpha value is -1.14. The maximum atomic E-state index is 12.3. The van der Waals surface area contributed by atoms with Gasteiger partial charge in [0.05, 0.1) is 5.92 Å². The molecule has 1 saturated heterocycles. The Morgan fingerprint density at radius 1 is 1.16 bits per heavy atom. The molecular formula is C13H25N3O3. The first-order valence-electron chi connectivity index (χ1n) is 6.84. The van der Waals surface area contributed by atoms with Gasteiger partial charge in [0.25, 0.3) is 0 Å². The first-order valence-corrected chi connectivity index (χ1v) is 6.84. The molecule has 1 aliphatic heterocycles. The lowest BCUT2D eigenvalue weighted by Crippen LogP contribution is -2.55. The van der Waals surface area contributed by atoms with Gasteiger partial charge in [-0.25, -0.2) is 0 Å². The lowest BCUT2D eigenvalue weighted by molar-refractivity contribution is -0.144. The van der Waals surface area contributed by atoms with Crippen LogP contribution in [0.25, 0.3) is 0 Å². The molecule has 0 aliphatic carbocycles. The van der Waals surface area contributed by atoms with E-state index in [0.29, 0.717) is 32.7 Å². The highest BCUT2D eigenvalue weighted by molar-refractivity contribution is 5.79. The van der Waals surface area contributed by atoms with Crippen molar-refractivity contribution in [3.63, 3.8) is 0 Å². The SMILES string of the molecule is CC(C)C(CN)C(=O)N1CCN(C(C)C(=O)O)CC1. The highest BCUT2D eigenvalue weighted by atomic mass is 16.4. The third-order valence-electron chi connectivity index (χ3n) is 3.91. The summed E-state index contributed by atoms with van der Waals surface area (Å²) < 4.78 is 0. The highest BCUT2D eigenvalue weighted by Gasteiger charge is 2.30. The third-order valence-corrected chi connectivity index (χ3v) is 3.91. The number of hydrogen-bond donors (Lipinski definition) is 2. The summed E-state index contributed by atoms with van der Waals surface area (Å²) in [5.41, 5.74) is 5.66. The number of nitrogens with two attached hydrogens (primary N) is 1. The Bertz CT molecular complexity index is 325. The van der Waals surface area contributed by atoms with E-state index in [1.54, 1.807) is 6.92 Å². The number of piperazine rings is 1. The molecule has 3 N–H and O–H groups in total. The van der Waals surface area contributed by atoms with E-state index in [-0.39, 0.29) is 17.7 Å². The van der Waals surface area contributed by atoms with E-state index < -0.39 is 12.0 Å². The second-order valence-electron chi connectivity index (χ2n) is 5.46. The highest BCUT2D eigenvalue weighted by Crippen LogP contribution is 2.15. The summed E-state index contributed by atoms with van der Waals surface area (Å²) in [5.74, 6) is -0.626. The van der Waals surface area contributed by atoms with E-state index >= 15 is 0 Å². The Morgan fingerprint density at radius 3 is 2.05 bits per heavy atom. The maximum Gasteiger partial charge on any atom is 0.320 e. The average Bonchev–Trinajstić information content (AvgIpc) is 2.38. The van der Waals surface area contributed by atoms with Crippen LogP contribution in [0.1, 0.15) is 20.8 Å².